The first kappa shape index (κ1) is 12.7. The van der Waals surface area contributed by atoms with Gasteiger partial charge in [0.25, 0.3) is 0 Å². The van der Waals surface area contributed by atoms with Crippen molar-refractivity contribution < 1.29 is 4.39 Å². The van der Waals surface area contributed by atoms with E-state index in [4.69, 9.17) is 5.84 Å². The number of benzene rings is 1. The average Bonchev–Trinajstić information content (AvgIpc) is 2.35. The van der Waals surface area contributed by atoms with Crippen molar-refractivity contribution in [3.8, 4) is 0 Å². The van der Waals surface area contributed by atoms with Crippen LogP contribution in [0.4, 0.5) is 4.39 Å². The minimum Gasteiger partial charge on any atom is -0.271 e. The third-order valence-electron chi connectivity index (χ3n) is 2.93. The Balaban J connectivity index is 2.42. The molecule has 18 heavy (non-hydrogen) atoms. The highest BCUT2D eigenvalue weighted by atomic mass is 19.1. The van der Waals surface area contributed by atoms with Crippen molar-refractivity contribution >= 4 is 0 Å². The number of rotatable bonds is 3. The number of hydrazine groups is 1. The second-order valence-corrected chi connectivity index (χ2v) is 4.40. The lowest BCUT2D eigenvalue weighted by atomic mass is 9.98. The van der Waals surface area contributed by atoms with Crippen LogP contribution in [-0.2, 0) is 0 Å². The fraction of sp³-hybridized carbons (Fsp3) is 0.214. The van der Waals surface area contributed by atoms with Crippen LogP contribution in [0.2, 0.25) is 0 Å². The van der Waals surface area contributed by atoms with Gasteiger partial charge in [0, 0.05) is 12.4 Å². The molecule has 1 aromatic heterocycles. The lowest BCUT2D eigenvalue weighted by Gasteiger charge is -2.17. The summed E-state index contributed by atoms with van der Waals surface area (Å²) in [5, 5.41) is 0. The summed E-state index contributed by atoms with van der Waals surface area (Å²) in [5.41, 5.74) is 6.07. The molecule has 3 nitrogen and oxygen atoms in total. The highest BCUT2D eigenvalue weighted by molar-refractivity contribution is 5.33. The second-order valence-electron chi connectivity index (χ2n) is 4.40. The van der Waals surface area contributed by atoms with Crippen LogP contribution in [0.1, 0.15) is 28.3 Å². The van der Waals surface area contributed by atoms with Crippen molar-refractivity contribution in [3.05, 3.63) is 64.7 Å². The molecule has 0 aliphatic carbocycles. The summed E-state index contributed by atoms with van der Waals surface area (Å²) < 4.78 is 13.6. The molecule has 2 aromatic rings. The zero-order chi connectivity index (χ0) is 13.1. The normalized spacial score (nSPS) is 12.4. The summed E-state index contributed by atoms with van der Waals surface area (Å²) in [4.78, 5) is 4.13. The standard InChI is InChI=1S/C14H16FN3/c1-9-5-12(8-17-7-9)14(18-16)11-4-3-10(2)13(15)6-11/h3-8,14,18H,16H2,1-2H3. The first-order valence-electron chi connectivity index (χ1n) is 5.75. The second kappa shape index (κ2) is 5.25. The fourth-order valence-corrected chi connectivity index (χ4v) is 1.91. The maximum Gasteiger partial charge on any atom is 0.126 e. The van der Waals surface area contributed by atoms with Crippen LogP contribution in [0.3, 0.4) is 0 Å². The van der Waals surface area contributed by atoms with E-state index in [0.29, 0.717) is 5.56 Å². The molecular weight excluding hydrogens is 229 g/mol. The molecule has 0 radical (unpaired) electrons. The summed E-state index contributed by atoms with van der Waals surface area (Å²) in [7, 11) is 0. The van der Waals surface area contributed by atoms with Gasteiger partial charge in [-0.1, -0.05) is 18.2 Å². The lowest BCUT2D eigenvalue weighted by Crippen LogP contribution is -2.29. The monoisotopic (exact) mass is 245 g/mol. The van der Waals surface area contributed by atoms with Gasteiger partial charge in [0.15, 0.2) is 0 Å². The highest BCUT2D eigenvalue weighted by Gasteiger charge is 2.14. The molecule has 0 spiro atoms. The van der Waals surface area contributed by atoms with Crippen molar-refractivity contribution in [2.75, 3.05) is 0 Å². The lowest BCUT2D eigenvalue weighted by molar-refractivity contribution is 0.598. The Kier molecular flexibility index (Phi) is 3.69. The number of nitrogens with two attached hydrogens (primary N) is 1. The zero-order valence-electron chi connectivity index (χ0n) is 10.4. The molecule has 1 atom stereocenters. The number of hydrogen-bond donors (Lipinski definition) is 2. The Hall–Kier alpha value is -1.78. The summed E-state index contributed by atoms with van der Waals surface area (Å²) in [6, 6.07) is 6.84. The van der Waals surface area contributed by atoms with Gasteiger partial charge >= 0.3 is 0 Å². The summed E-state index contributed by atoms with van der Waals surface area (Å²) in [6.45, 7) is 3.69. The number of nitrogens with zero attached hydrogens (tertiary/aromatic N) is 1. The maximum absolute atomic E-state index is 13.6. The Morgan fingerprint density at radius 1 is 1.17 bits per heavy atom. The van der Waals surface area contributed by atoms with Gasteiger partial charge in [0.2, 0.25) is 0 Å². The van der Waals surface area contributed by atoms with Crippen molar-refractivity contribution in [2.45, 2.75) is 19.9 Å². The molecule has 1 aromatic carbocycles. The first-order valence-corrected chi connectivity index (χ1v) is 5.75. The quantitative estimate of drug-likeness (QED) is 0.645. The molecule has 0 bridgehead atoms. The Morgan fingerprint density at radius 2 is 1.94 bits per heavy atom. The molecule has 0 aliphatic heterocycles. The van der Waals surface area contributed by atoms with Crippen LogP contribution in [0.25, 0.3) is 0 Å². The Bertz CT molecular complexity index is 554. The molecule has 1 unspecified atom stereocenters. The summed E-state index contributed by atoms with van der Waals surface area (Å²) in [6.07, 6.45) is 3.50. The fourth-order valence-electron chi connectivity index (χ4n) is 1.91. The largest absolute Gasteiger partial charge is 0.271 e. The minimum atomic E-state index is -0.257. The third-order valence-corrected chi connectivity index (χ3v) is 2.93. The van der Waals surface area contributed by atoms with Crippen LogP contribution >= 0.6 is 0 Å². The zero-order valence-corrected chi connectivity index (χ0v) is 10.4. The van der Waals surface area contributed by atoms with E-state index in [2.05, 4.69) is 10.4 Å². The topological polar surface area (TPSA) is 50.9 Å². The van der Waals surface area contributed by atoms with Gasteiger partial charge < -0.3 is 0 Å². The van der Waals surface area contributed by atoms with Crippen molar-refractivity contribution in [1.82, 2.24) is 10.4 Å². The van der Waals surface area contributed by atoms with Gasteiger partial charge in [-0.25, -0.2) is 9.82 Å². The third kappa shape index (κ3) is 2.55. The molecule has 2 rings (SSSR count). The number of pyridine rings is 1. The molecule has 0 amide bonds. The molecule has 0 aliphatic rings. The molecule has 3 N–H and O–H groups in total. The SMILES string of the molecule is Cc1cncc(C(NN)c2ccc(C)c(F)c2)c1. The van der Waals surface area contributed by atoms with Crippen LogP contribution in [0, 0.1) is 19.7 Å². The molecule has 0 saturated heterocycles. The Labute approximate surface area is 106 Å². The van der Waals surface area contributed by atoms with Crippen LogP contribution in [0.5, 0.6) is 0 Å². The average molecular weight is 245 g/mol. The van der Waals surface area contributed by atoms with Gasteiger partial charge in [-0.3, -0.25) is 10.8 Å². The van der Waals surface area contributed by atoms with Gasteiger partial charge in [-0.05, 0) is 42.2 Å². The molecule has 4 heteroatoms. The van der Waals surface area contributed by atoms with E-state index >= 15 is 0 Å². The number of nitrogens with one attached hydrogen (secondary N) is 1. The highest BCUT2D eigenvalue weighted by Crippen LogP contribution is 2.23. The number of aryl methyl sites for hydroxylation is 2. The van der Waals surface area contributed by atoms with Gasteiger partial charge in [-0.2, -0.15) is 0 Å². The maximum atomic E-state index is 13.6. The molecule has 0 saturated carbocycles. The summed E-state index contributed by atoms with van der Waals surface area (Å²) in [5.74, 6) is 5.35. The van der Waals surface area contributed by atoms with Crippen LogP contribution in [-0.4, -0.2) is 4.98 Å². The number of halogens is 1. The van der Waals surface area contributed by atoms with Crippen LogP contribution < -0.4 is 11.3 Å². The predicted octanol–water partition coefficient (Wildman–Crippen LogP) is 2.39. The van der Waals surface area contributed by atoms with E-state index in [-0.39, 0.29) is 11.9 Å². The van der Waals surface area contributed by atoms with Crippen LogP contribution in [0.15, 0.2) is 36.7 Å². The summed E-state index contributed by atoms with van der Waals surface area (Å²) >= 11 is 0. The predicted molar refractivity (Wildman–Crippen MR) is 69.3 cm³/mol. The molecule has 94 valence electrons. The molecule has 1 heterocycles. The van der Waals surface area contributed by atoms with Crippen molar-refractivity contribution in [2.24, 2.45) is 5.84 Å². The van der Waals surface area contributed by atoms with Gasteiger partial charge in [-0.15, -0.1) is 0 Å². The Morgan fingerprint density at radius 3 is 2.56 bits per heavy atom. The smallest absolute Gasteiger partial charge is 0.126 e. The van der Waals surface area contributed by atoms with Gasteiger partial charge in [0.1, 0.15) is 5.82 Å². The number of aromatic nitrogens is 1. The van der Waals surface area contributed by atoms with E-state index < -0.39 is 0 Å². The van der Waals surface area contributed by atoms with E-state index in [1.54, 1.807) is 25.4 Å². The van der Waals surface area contributed by atoms with E-state index in [1.165, 1.54) is 6.07 Å². The molecule has 0 fully saturated rings. The first-order chi connectivity index (χ1) is 8.61. The van der Waals surface area contributed by atoms with E-state index in [1.807, 2.05) is 19.1 Å². The van der Waals surface area contributed by atoms with E-state index in [9.17, 15) is 4.39 Å². The van der Waals surface area contributed by atoms with Gasteiger partial charge in [0.05, 0.1) is 6.04 Å². The minimum absolute atomic E-state index is 0.228. The molecular formula is C14H16FN3. The number of hydrogen-bond acceptors (Lipinski definition) is 3. The van der Waals surface area contributed by atoms with Crippen molar-refractivity contribution in [1.29, 1.82) is 0 Å². The van der Waals surface area contributed by atoms with Crippen molar-refractivity contribution in [3.63, 3.8) is 0 Å². The van der Waals surface area contributed by atoms with E-state index in [0.717, 1.165) is 16.7 Å².